The molecule has 3 aromatic rings. The summed E-state index contributed by atoms with van der Waals surface area (Å²) in [7, 11) is 0. The molecule has 1 fully saturated rings. The third-order valence-electron chi connectivity index (χ3n) is 6.67. The molecule has 3 aromatic carbocycles. The van der Waals surface area contributed by atoms with Gasteiger partial charge >= 0.3 is 0 Å². The van der Waals surface area contributed by atoms with Crippen molar-refractivity contribution in [1.82, 2.24) is 4.90 Å². The lowest BCUT2D eigenvalue weighted by atomic mass is 9.98. The van der Waals surface area contributed by atoms with Gasteiger partial charge in [-0.3, -0.25) is 4.79 Å². The number of nitrogens with zero attached hydrogens (tertiary/aromatic N) is 2. The number of benzene rings is 3. The van der Waals surface area contributed by atoms with E-state index in [0.29, 0.717) is 6.54 Å². The van der Waals surface area contributed by atoms with Crippen molar-refractivity contribution in [2.24, 2.45) is 0 Å². The van der Waals surface area contributed by atoms with E-state index in [1.165, 1.54) is 33.5 Å². The van der Waals surface area contributed by atoms with Crippen LogP contribution in [0.1, 0.15) is 33.9 Å². The van der Waals surface area contributed by atoms with Gasteiger partial charge in [-0.25, -0.2) is 0 Å². The van der Waals surface area contributed by atoms with Crippen molar-refractivity contribution in [3.05, 3.63) is 101 Å². The van der Waals surface area contributed by atoms with E-state index in [9.17, 15) is 4.79 Å². The first-order valence-electron chi connectivity index (χ1n) is 11.6. The molecule has 4 heteroatoms. The lowest BCUT2D eigenvalue weighted by Crippen LogP contribution is -2.88. The quantitative estimate of drug-likeness (QED) is 0.652. The number of hydrogen-bond acceptors (Lipinski definition) is 2. The van der Waals surface area contributed by atoms with Crippen molar-refractivity contribution in [3.8, 4) is 0 Å². The molecule has 0 spiro atoms. The van der Waals surface area contributed by atoms with Crippen molar-refractivity contribution >= 4 is 11.6 Å². The van der Waals surface area contributed by atoms with Crippen LogP contribution in [0.3, 0.4) is 0 Å². The summed E-state index contributed by atoms with van der Waals surface area (Å²) in [4.78, 5) is 17.5. The zero-order chi connectivity index (χ0) is 22.5. The standard InChI is InChI=1S/C28H33N3O/c1-21-12-14-25(15-13-21)28(24-9-5-4-6-10-24)29-20-27(32)31-18-16-30(17-19-31)26-11-7-8-22(2)23(26)3/h4-15,28-29H,16-20H2,1-3H3/p+1/t28-/m0/s1. The molecule has 4 rings (SSSR count). The number of rotatable bonds is 6. The van der Waals surface area contributed by atoms with Gasteiger partial charge in [0.15, 0.2) is 6.54 Å². The molecule has 0 saturated carbocycles. The second-order valence-electron chi connectivity index (χ2n) is 8.83. The highest BCUT2D eigenvalue weighted by molar-refractivity contribution is 5.77. The van der Waals surface area contributed by atoms with E-state index in [1.54, 1.807) is 0 Å². The molecule has 1 saturated heterocycles. The Hall–Kier alpha value is -3.11. The van der Waals surface area contributed by atoms with Crippen molar-refractivity contribution in [1.29, 1.82) is 0 Å². The van der Waals surface area contributed by atoms with E-state index in [0.717, 1.165) is 26.2 Å². The molecule has 32 heavy (non-hydrogen) atoms. The van der Waals surface area contributed by atoms with Crippen LogP contribution < -0.4 is 10.2 Å². The van der Waals surface area contributed by atoms with E-state index in [-0.39, 0.29) is 11.9 Å². The van der Waals surface area contributed by atoms with Gasteiger partial charge in [0.2, 0.25) is 0 Å². The average Bonchev–Trinajstić information content (AvgIpc) is 2.83. The molecule has 1 heterocycles. The fraction of sp³-hybridized carbons (Fsp3) is 0.321. The van der Waals surface area contributed by atoms with E-state index >= 15 is 0 Å². The van der Waals surface area contributed by atoms with Crippen LogP contribution in [0, 0.1) is 20.8 Å². The van der Waals surface area contributed by atoms with Gasteiger partial charge in [-0.1, -0.05) is 72.3 Å². The number of anilines is 1. The number of aryl methyl sites for hydroxylation is 2. The maximum atomic E-state index is 13.1. The van der Waals surface area contributed by atoms with Gasteiger partial charge in [0.25, 0.3) is 5.91 Å². The highest BCUT2D eigenvalue weighted by Crippen LogP contribution is 2.24. The van der Waals surface area contributed by atoms with Crippen molar-refractivity contribution in [2.45, 2.75) is 26.8 Å². The van der Waals surface area contributed by atoms with Gasteiger partial charge in [-0.15, -0.1) is 0 Å². The monoisotopic (exact) mass is 428 g/mol. The normalized spacial score (nSPS) is 15.0. The summed E-state index contributed by atoms with van der Waals surface area (Å²) in [5.74, 6) is 0.221. The van der Waals surface area contributed by atoms with E-state index < -0.39 is 0 Å². The number of hydrogen-bond donors (Lipinski definition) is 1. The summed E-state index contributed by atoms with van der Waals surface area (Å²) in [5.41, 5.74) is 7.66. The minimum Gasteiger partial charge on any atom is -0.368 e. The Kier molecular flexibility index (Phi) is 6.91. The Labute approximate surface area is 191 Å². The van der Waals surface area contributed by atoms with Crippen molar-refractivity contribution in [3.63, 3.8) is 0 Å². The molecule has 1 amide bonds. The van der Waals surface area contributed by atoms with Crippen LogP contribution >= 0.6 is 0 Å². The van der Waals surface area contributed by atoms with Crippen LogP contribution in [-0.4, -0.2) is 43.5 Å². The number of nitrogens with two attached hydrogens (primary N) is 1. The summed E-state index contributed by atoms with van der Waals surface area (Å²) in [6, 6.07) is 25.7. The molecular weight excluding hydrogens is 394 g/mol. The molecule has 0 bridgehead atoms. The number of quaternary nitrogens is 1. The fourth-order valence-corrected chi connectivity index (χ4v) is 4.52. The average molecular weight is 429 g/mol. The van der Waals surface area contributed by atoms with E-state index in [1.807, 2.05) is 11.0 Å². The second kappa shape index (κ2) is 10.0. The molecule has 2 N–H and O–H groups in total. The molecule has 0 aliphatic carbocycles. The minimum atomic E-state index is 0.122. The first-order valence-corrected chi connectivity index (χ1v) is 11.6. The number of carbonyl (C=O) groups is 1. The van der Waals surface area contributed by atoms with Crippen molar-refractivity contribution in [2.75, 3.05) is 37.6 Å². The molecule has 1 atom stereocenters. The Morgan fingerprint density at radius 1 is 0.812 bits per heavy atom. The smallest absolute Gasteiger partial charge is 0.277 e. The van der Waals surface area contributed by atoms with Gasteiger partial charge < -0.3 is 15.1 Å². The van der Waals surface area contributed by atoms with Gasteiger partial charge in [-0.05, 0) is 38.0 Å². The zero-order valence-corrected chi connectivity index (χ0v) is 19.4. The van der Waals surface area contributed by atoms with Crippen LogP contribution in [0.2, 0.25) is 0 Å². The lowest BCUT2D eigenvalue weighted by Gasteiger charge is -2.37. The second-order valence-corrected chi connectivity index (χ2v) is 8.83. The predicted molar refractivity (Wildman–Crippen MR) is 131 cm³/mol. The maximum absolute atomic E-state index is 13.1. The molecule has 0 radical (unpaired) electrons. The number of amides is 1. The van der Waals surface area contributed by atoms with Gasteiger partial charge in [0.1, 0.15) is 6.04 Å². The van der Waals surface area contributed by atoms with Crippen LogP contribution in [0.5, 0.6) is 0 Å². The topological polar surface area (TPSA) is 40.2 Å². The van der Waals surface area contributed by atoms with Crippen LogP contribution in [-0.2, 0) is 4.79 Å². The highest BCUT2D eigenvalue weighted by atomic mass is 16.2. The molecule has 0 unspecified atom stereocenters. The first-order chi connectivity index (χ1) is 15.5. The van der Waals surface area contributed by atoms with Crippen LogP contribution in [0.15, 0.2) is 72.8 Å². The maximum Gasteiger partial charge on any atom is 0.277 e. The predicted octanol–water partition coefficient (Wildman–Crippen LogP) is 3.61. The third kappa shape index (κ3) is 5.03. The Balaban J connectivity index is 1.39. The molecular formula is C28H34N3O+. The zero-order valence-electron chi connectivity index (χ0n) is 19.4. The summed E-state index contributed by atoms with van der Waals surface area (Å²) in [6.45, 7) is 10.2. The molecule has 1 aliphatic rings. The first kappa shape index (κ1) is 22.1. The molecule has 166 valence electrons. The molecule has 0 aromatic heterocycles. The minimum absolute atomic E-state index is 0.122. The lowest BCUT2D eigenvalue weighted by molar-refractivity contribution is -0.677. The van der Waals surface area contributed by atoms with Gasteiger partial charge in [0.05, 0.1) is 0 Å². The molecule has 4 nitrogen and oxygen atoms in total. The van der Waals surface area contributed by atoms with Crippen LogP contribution in [0.25, 0.3) is 0 Å². The Morgan fingerprint density at radius 3 is 2.16 bits per heavy atom. The number of piperazine rings is 1. The van der Waals surface area contributed by atoms with Gasteiger partial charge in [0, 0.05) is 43.0 Å². The number of carbonyl (C=O) groups excluding carboxylic acids is 1. The summed E-state index contributed by atoms with van der Waals surface area (Å²) in [6.07, 6.45) is 0. The van der Waals surface area contributed by atoms with E-state index in [4.69, 9.17) is 0 Å². The SMILES string of the molecule is Cc1ccc([C@@H]([NH2+]CC(=O)N2CCN(c3cccc(C)c3C)CC2)c2ccccc2)cc1. The van der Waals surface area contributed by atoms with E-state index in [2.05, 4.69) is 97.7 Å². The van der Waals surface area contributed by atoms with Gasteiger partial charge in [-0.2, -0.15) is 0 Å². The highest BCUT2D eigenvalue weighted by Gasteiger charge is 2.25. The summed E-state index contributed by atoms with van der Waals surface area (Å²) >= 11 is 0. The third-order valence-corrected chi connectivity index (χ3v) is 6.67. The Bertz CT molecular complexity index is 1040. The summed E-state index contributed by atoms with van der Waals surface area (Å²) < 4.78 is 0. The Morgan fingerprint density at radius 2 is 1.47 bits per heavy atom. The summed E-state index contributed by atoms with van der Waals surface area (Å²) in [5, 5.41) is 2.18. The molecule has 1 aliphatic heterocycles. The largest absolute Gasteiger partial charge is 0.368 e. The van der Waals surface area contributed by atoms with Crippen molar-refractivity contribution < 1.29 is 10.1 Å². The van der Waals surface area contributed by atoms with Crippen LogP contribution in [0.4, 0.5) is 5.69 Å². The fourth-order valence-electron chi connectivity index (χ4n) is 4.52.